The fraction of sp³-hybridized carbons (Fsp3) is 1.00. The predicted molar refractivity (Wildman–Crippen MR) is 47.7 cm³/mol. The highest BCUT2D eigenvalue weighted by Gasteiger charge is 2.37. The van der Waals surface area contributed by atoms with E-state index in [0.29, 0.717) is 19.1 Å². The minimum absolute atomic E-state index is 0.0139. The topological polar surface area (TPSA) is 44.5 Å². The number of hydrogen-bond donors (Lipinski definition) is 1. The van der Waals surface area contributed by atoms with Crippen LogP contribution in [-0.4, -0.2) is 25.0 Å². The lowest BCUT2D eigenvalue weighted by molar-refractivity contribution is -0.160. The molecular weight excluding hydrogens is 154 g/mol. The molecule has 0 unspecified atom stereocenters. The zero-order chi connectivity index (χ0) is 9.19. The number of hydrogen-bond acceptors (Lipinski definition) is 3. The van der Waals surface area contributed by atoms with Crippen LogP contribution in [0.3, 0.4) is 0 Å². The third kappa shape index (κ3) is 2.19. The van der Waals surface area contributed by atoms with Crippen LogP contribution in [0.5, 0.6) is 0 Å². The first kappa shape index (κ1) is 9.96. The highest BCUT2D eigenvalue weighted by Crippen LogP contribution is 2.25. The number of ether oxygens (including phenoxy) is 2. The Bertz CT molecular complexity index is 141. The summed E-state index contributed by atoms with van der Waals surface area (Å²) in [4.78, 5) is 0. The number of rotatable bonds is 3. The molecule has 72 valence electrons. The molecule has 0 aromatic carbocycles. The largest absolute Gasteiger partial charge is 0.346 e. The van der Waals surface area contributed by atoms with E-state index in [-0.39, 0.29) is 6.04 Å². The van der Waals surface area contributed by atoms with Crippen LogP contribution in [0.4, 0.5) is 0 Å². The average Bonchev–Trinajstić information content (AvgIpc) is 2.36. The van der Waals surface area contributed by atoms with Crippen molar-refractivity contribution in [3.8, 4) is 0 Å². The normalized spacial score (nSPS) is 24.8. The summed E-state index contributed by atoms with van der Waals surface area (Å²) in [5, 5.41) is 0. The van der Waals surface area contributed by atoms with Gasteiger partial charge in [0.05, 0.1) is 19.3 Å². The Morgan fingerprint density at radius 2 is 1.83 bits per heavy atom. The molecule has 1 rings (SSSR count). The lowest BCUT2D eigenvalue weighted by atomic mass is 9.98. The van der Waals surface area contributed by atoms with E-state index in [4.69, 9.17) is 15.2 Å². The molecule has 1 saturated heterocycles. The first-order chi connectivity index (χ1) is 5.54. The van der Waals surface area contributed by atoms with Gasteiger partial charge in [-0.05, 0) is 19.3 Å². The molecule has 1 heterocycles. The Morgan fingerprint density at radius 1 is 1.33 bits per heavy atom. The van der Waals surface area contributed by atoms with Gasteiger partial charge in [0.2, 0.25) is 0 Å². The summed E-state index contributed by atoms with van der Waals surface area (Å²) in [6.07, 6.45) is 0.941. The van der Waals surface area contributed by atoms with Crippen molar-refractivity contribution in [3.05, 3.63) is 0 Å². The molecule has 0 aromatic rings. The zero-order valence-electron chi connectivity index (χ0n) is 8.17. The predicted octanol–water partition coefficient (Wildman–Crippen LogP) is 1.12. The molecule has 0 aromatic heterocycles. The molecule has 2 N–H and O–H groups in total. The average molecular weight is 173 g/mol. The van der Waals surface area contributed by atoms with Crippen molar-refractivity contribution < 1.29 is 9.47 Å². The summed E-state index contributed by atoms with van der Waals surface area (Å²) < 4.78 is 10.9. The van der Waals surface area contributed by atoms with E-state index in [2.05, 4.69) is 13.8 Å². The lowest BCUT2D eigenvalue weighted by Gasteiger charge is -2.30. The highest BCUT2D eigenvalue weighted by molar-refractivity contribution is 4.82. The van der Waals surface area contributed by atoms with Gasteiger partial charge in [-0.15, -0.1) is 0 Å². The van der Waals surface area contributed by atoms with Crippen molar-refractivity contribution >= 4 is 0 Å². The van der Waals surface area contributed by atoms with E-state index in [1.165, 1.54) is 0 Å². The second kappa shape index (κ2) is 3.73. The molecule has 3 nitrogen and oxygen atoms in total. The second-order valence-corrected chi connectivity index (χ2v) is 3.95. The quantitative estimate of drug-likeness (QED) is 0.695. The minimum atomic E-state index is -0.537. The monoisotopic (exact) mass is 173 g/mol. The fourth-order valence-electron chi connectivity index (χ4n) is 1.47. The van der Waals surface area contributed by atoms with Crippen LogP contribution in [0, 0.1) is 5.92 Å². The summed E-state index contributed by atoms with van der Waals surface area (Å²) in [5.41, 5.74) is 5.96. The first-order valence-electron chi connectivity index (χ1n) is 4.58. The molecule has 1 atom stereocenters. The molecule has 0 amide bonds. The van der Waals surface area contributed by atoms with Crippen LogP contribution in [0.25, 0.3) is 0 Å². The maximum atomic E-state index is 5.96. The molecule has 0 aliphatic carbocycles. The van der Waals surface area contributed by atoms with Gasteiger partial charge in [0.1, 0.15) is 0 Å². The molecule has 0 saturated carbocycles. The SMILES string of the molecule is CC(C)C[C@H](N)C1(C)OCCO1. The van der Waals surface area contributed by atoms with Gasteiger partial charge in [-0.2, -0.15) is 0 Å². The fourth-order valence-corrected chi connectivity index (χ4v) is 1.47. The molecule has 0 spiro atoms. The molecule has 3 heteroatoms. The molecular formula is C9H19NO2. The van der Waals surface area contributed by atoms with Crippen molar-refractivity contribution in [2.45, 2.75) is 39.0 Å². The standard InChI is InChI=1S/C9H19NO2/c1-7(2)6-8(10)9(3)11-4-5-12-9/h7-8H,4-6,10H2,1-3H3/t8-/m0/s1. The van der Waals surface area contributed by atoms with E-state index >= 15 is 0 Å². The van der Waals surface area contributed by atoms with E-state index in [1.54, 1.807) is 0 Å². The molecule has 12 heavy (non-hydrogen) atoms. The Hall–Kier alpha value is -0.120. The van der Waals surface area contributed by atoms with Crippen LogP contribution in [-0.2, 0) is 9.47 Å². The molecule has 1 aliphatic rings. The van der Waals surface area contributed by atoms with Gasteiger partial charge in [0.25, 0.3) is 0 Å². The highest BCUT2D eigenvalue weighted by atomic mass is 16.7. The van der Waals surface area contributed by atoms with E-state index in [9.17, 15) is 0 Å². The lowest BCUT2D eigenvalue weighted by Crippen LogP contribution is -2.47. The maximum Gasteiger partial charge on any atom is 0.180 e. The molecule has 0 radical (unpaired) electrons. The third-order valence-corrected chi connectivity index (χ3v) is 2.26. The maximum absolute atomic E-state index is 5.96. The van der Waals surface area contributed by atoms with Gasteiger partial charge >= 0.3 is 0 Å². The van der Waals surface area contributed by atoms with Crippen molar-refractivity contribution in [3.63, 3.8) is 0 Å². The van der Waals surface area contributed by atoms with Gasteiger partial charge in [0, 0.05) is 0 Å². The zero-order valence-corrected chi connectivity index (χ0v) is 8.17. The smallest absolute Gasteiger partial charge is 0.180 e. The van der Waals surface area contributed by atoms with E-state index in [1.807, 2.05) is 6.92 Å². The summed E-state index contributed by atoms with van der Waals surface area (Å²) in [7, 11) is 0. The minimum Gasteiger partial charge on any atom is -0.346 e. The van der Waals surface area contributed by atoms with Crippen LogP contribution in [0.15, 0.2) is 0 Å². The van der Waals surface area contributed by atoms with E-state index < -0.39 is 5.79 Å². The Kier molecular flexibility index (Phi) is 3.09. The first-order valence-corrected chi connectivity index (χ1v) is 4.58. The summed E-state index contributed by atoms with van der Waals surface area (Å²) in [5.74, 6) is 0.0502. The Morgan fingerprint density at radius 3 is 2.25 bits per heavy atom. The Balaban J connectivity index is 2.44. The van der Waals surface area contributed by atoms with E-state index in [0.717, 1.165) is 6.42 Å². The Labute approximate surface area is 74.2 Å². The summed E-state index contributed by atoms with van der Waals surface area (Å²) >= 11 is 0. The second-order valence-electron chi connectivity index (χ2n) is 3.95. The van der Waals surface area contributed by atoms with Gasteiger partial charge in [-0.3, -0.25) is 0 Å². The van der Waals surface area contributed by atoms with Gasteiger partial charge in [0.15, 0.2) is 5.79 Å². The van der Waals surface area contributed by atoms with Crippen molar-refractivity contribution in [1.29, 1.82) is 0 Å². The van der Waals surface area contributed by atoms with Gasteiger partial charge in [-0.1, -0.05) is 13.8 Å². The number of nitrogens with two attached hydrogens (primary N) is 1. The molecule has 1 fully saturated rings. The van der Waals surface area contributed by atoms with Crippen molar-refractivity contribution in [2.24, 2.45) is 11.7 Å². The molecule has 0 bridgehead atoms. The van der Waals surface area contributed by atoms with Gasteiger partial charge < -0.3 is 15.2 Å². The molecule has 1 aliphatic heterocycles. The summed E-state index contributed by atoms with van der Waals surface area (Å²) in [6, 6.07) is -0.0139. The van der Waals surface area contributed by atoms with Crippen molar-refractivity contribution in [1.82, 2.24) is 0 Å². The van der Waals surface area contributed by atoms with Crippen LogP contribution >= 0.6 is 0 Å². The van der Waals surface area contributed by atoms with Crippen LogP contribution in [0.2, 0.25) is 0 Å². The summed E-state index contributed by atoms with van der Waals surface area (Å²) in [6.45, 7) is 7.56. The third-order valence-electron chi connectivity index (χ3n) is 2.26. The van der Waals surface area contributed by atoms with Crippen molar-refractivity contribution in [2.75, 3.05) is 13.2 Å². The van der Waals surface area contributed by atoms with Crippen LogP contribution < -0.4 is 5.73 Å². The van der Waals surface area contributed by atoms with Gasteiger partial charge in [-0.25, -0.2) is 0 Å². The van der Waals surface area contributed by atoms with Crippen LogP contribution in [0.1, 0.15) is 27.2 Å².